The molecule has 4 aromatic carbocycles. The van der Waals surface area contributed by atoms with Crippen molar-refractivity contribution in [2.75, 3.05) is 0 Å². The molecule has 0 amide bonds. The van der Waals surface area contributed by atoms with Crippen LogP contribution in [0.1, 0.15) is 39.1 Å². The van der Waals surface area contributed by atoms with Gasteiger partial charge in [-0.15, -0.1) is 0 Å². The van der Waals surface area contributed by atoms with E-state index in [1.54, 1.807) is 0 Å². The summed E-state index contributed by atoms with van der Waals surface area (Å²) in [5.41, 5.74) is 16.0. The minimum absolute atomic E-state index is 0.958. The number of hydrogen-bond acceptors (Lipinski definition) is 1. The van der Waals surface area contributed by atoms with Crippen LogP contribution in [0, 0.1) is 27.7 Å². The van der Waals surface area contributed by atoms with Gasteiger partial charge in [0.05, 0.1) is 11.4 Å². The van der Waals surface area contributed by atoms with Gasteiger partial charge < -0.3 is 4.98 Å². The third kappa shape index (κ3) is 5.19. The van der Waals surface area contributed by atoms with E-state index < -0.39 is 0 Å². The van der Waals surface area contributed by atoms with Crippen LogP contribution in [0.25, 0.3) is 34.0 Å². The van der Waals surface area contributed by atoms with Crippen molar-refractivity contribution in [2.45, 2.75) is 27.7 Å². The second-order valence-electron chi connectivity index (χ2n) is 10.6. The number of hydrogen-bond donors (Lipinski definition) is 1. The molecule has 0 fully saturated rings. The Labute approximate surface area is 231 Å². The maximum absolute atomic E-state index is 5.17. The molecule has 6 rings (SSSR count). The van der Waals surface area contributed by atoms with Crippen molar-refractivity contribution in [3.8, 4) is 22.4 Å². The first-order valence-electron chi connectivity index (χ1n) is 13.5. The van der Waals surface area contributed by atoms with Crippen molar-refractivity contribution in [1.82, 2.24) is 4.98 Å². The van der Waals surface area contributed by atoms with E-state index in [0.29, 0.717) is 0 Å². The van der Waals surface area contributed by atoms with E-state index in [1.165, 1.54) is 44.5 Å². The lowest BCUT2D eigenvalue weighted by Crippen LogP contribution is -1.93. The number of aliphatic imine (C=N–C) groups is 1. The zero-order chi connectivity index (χ0) is 26.9. The van der Waals surface area contributed by atoms with Crippen LogP contribution in [0.5, 0.6) is 0 Å². The van der Waals surface area contributed by atoms with Crippen LogP contribution in [0.15, 0.2) is 120 Å². The fourth-order valence-electron chi connectivity index (χ4n) is 4.96. The molecule has 5 aromatic rings. The highest BCUT2D eigenvalue weighted by Gasteiger charge is 2.19. The lowest BCUT2D eigenvalue weighted by molar-refractivity contribution is 1.34. The number of aromatic amines is 1. The summed E-state index contributed by atoms with van der Waals surface area (Å²) in [6.07, 6.45) is 4.43. The van der Waals surface area contributed by atoms with Gasteiger partial charge in [-0.2, -0.15) is 0 Å². The fourth-order valence-corrected chi connectivity index (χ4v) is 4.96. The first kappa shape index (κ1) is 24.6. The summed E-state index contributed by atoms with van der Waals surface area (Å²) in [5, 5.41) is 0. The normalized spacial score (nSPS) is 14.0. The number of H-pyrrole nitrogens is 1. The molecule has 2 heteroatoms. The van der Waals surface area contributed by atoms with Gasteiger partial charge >= 0.3 is 0 Å². The summed E-state index contributed by atoms with van der Waals surface area (Å²) in [4.78, 5) is 8.90. The minimum Gasteiger partial charge on any atom is -0.354 e. The topological polar surface area (TPSA) is 28.1 Å². The largest absolute Gasteiger partial charge is 0.354 e. The van der Waals surface area contributed by atoms with E-state index in [2.05, 4.69) is 148 Å². The highest BCUT2D eigenvalue weighted by molar-refractivity contribution is 6.18. The van der Waals surface area contributed by atoms with Crippen LogP contribution in [0.2, 0.25) is 0 Å². The van der Waals surface area contributed by atoms with Crippen LogP contribution in [-0.2, 0) is 0 Å². The smallest absolute Gasteiger partial charge is 0.0737 e. The van der Waals surface area contributed by atoms with Gasteiger partial charge in [0.15, 0.2) is 0 Å². The summed E-state index contributed by atoms with van der Waals surface area (Å²) in [6, 6.07) is 37.0. The third-order valence-electron chi connectivity index (χ3n) is 7.36. The Bertz CT molecular complexity index is 1720. The molecule has 0 saturated carbocycles. The van der Waals surface area contributed by atoms with Crippen molar-refractivity contribution in [1.29, 1.82) is 0 Å². The van der Waals surface area contributed by atoms with Crippen LogP contribution in [0.4, 0.5) is 0 Å². The number of nitrogens with one attached hydrogen (secondary N) is 1. The van der Waals surface area contributed by atoms with Gasteiger partial charge in [0.2, 0.25) is 0 Å². The predicted octanol–water partition coefficient (Wildman–Crippen LogP) is 9.51. The average molecular weight is 505 g/mol. The number of allylic oxidation sites excluding steroid dienone is 2. The van der Waals surface area contributed by atoms with E-state index in [4.69, 9.17) is 4.99 Å². The zero-order valence-electron chi connectivity index (χ0n) is 22.9. The van der Waals surface area contributed by atoms with E-state index in [9.17, 15) is 0 Å². The van der Waals surface area contributed by atoms with Crippen LogP contribution < -0.4 is 0 Å². The molecule has 39 heavy (non-hydrogen) atoms. The van der Waals surface area contributed by atoms with E-state index in [0.717, 1.165) is 33.9 Å². The summed E-state index contributed by atoms with van der Waals surface area (Å²) in [6.45, 7) is 8.48. The molecule has 1 aliphatic rings. The van der Waals surface area contributed by atoms with Crippen molar-refractivity contribution in [2.24, 2.45) is 4.99 Å². The summed E-state index contributed by atoms with van der Waals surface area (Å²) in [7, 11) is 0. The predicted molar refractivity (Wildman–Crippen MR) is 166 cm³/mol. The SMILES string of the molecule is Cc1ccc(C2=CC(c3ccc(C)cc3)=NC2=Cc2[nH]c(-c3ccc(C)cc3)cc2-c2ccc(C)cc2)cc1. The van der Waals surface area contributed by atoms with Gasteiger partial charge in [0, 0.05) is 28.1 Å². The quantitative estimate of drug-likeness (QED) is 0.247. The Balaban J connectivity index is 1.51. The molecular formula is C37H32N2. The summed E-state index contributed by atoms with van der Waals surface area (Å²) in [5.74, 6) is 0. The molecule has 0 spiro atoms. The van der Waals surface area contributed by atoms with Crippen LogP contribution in [-0.4, -0.2) is 10.7 Å². The molecule has 0 radical (unpaired) electrons. The van der Waals surface area contributed by atoms with E-state index in [-0.39, 0.29) is 0 Å². The number of nitrogens with zero attached hydrogens (tertiary/aromatic N) is 1. The zero-order valence-corrected chi connectivity index (χ0v) is 22.9. The van der Waals surface area contributed by atoms with Gasteiger partial charge in [-0.05, 0) is 62.6 Å². The average Bonchev–Trinajstić information content (AvgIpc) is 3.55. The molecule has 1 N–H and O–H groups in total. The van der Waals surface area contributed by atoms with Gasteiger partial charge in [-0.3, -0.25) is 0 Å². The van der Waals surface area contributed by atoms with Crippen molar-refractivity contribution in [3.05, 3.63) is 154 Å². The van der Waals surface area contributed by atoms with Crippen molar-refractivity contribution < 1.29 is 0 Å². The Kier molecular flexibility index (Phi) is 6.46. The molecule has 2 heterocycles. The number of aryl methyl sites for hydroxylation is 4. The first-order valence-corrected chi connectivity index (χ1v) is 13.5. The van der Waals surface area contributed by atoms with E-state index in [1.807, 2.05) is 0 Å². The maximum Gasteiger partial charge on any atom is 0.0737 e. The molecule has 1 aromatic heterocycles. The molecular weight excluding hydrogens is 472 g/mol. The van der Waals surface area contributed by atoms with Gasteiger partial charge in [0.25, 0.3) is 0 Å². The molecule has 0 atom stereocenters. The Morgan fingerprint density at radius 2 is 1.00 bits per heavy atom. The van der Waals surface area contributed by atoms with Crippen molar-refractivity contribution in [3.63, 3.8) is 0 Å². The van der Waals surface area contributed by atoms with Crippen LogP contribution >= 0.6 is 0 Å². The fraction of sp³-hybridized carbons (Fsp3) is 0.108. The third-order valence-corrected chi connectivity index (χ3v) is 7.36. The number of rotatable bonds is 5. The Morgan fingerprint density at radius 3 is 1.54 bits per heavy atom. The van der Waals surface area contributed by atoms with E-state index >= 15 is 0 Å². The first-order chi connectivity index (χ1) is 18.9. The molecule has 0 aliphatic carbocycles. The lowest BCUT2D eigenvalue weighted by atomic mass is 9.99. The molecule has 2 nitrogen and oxygen atoms in total. The summed E-state index contributed by atoms with van der Waals surface area (Å²) >= 11 is 0. The number of aromatic nitrogens is 1. The minimum atomic E-state index is 0.958. The standard InChI is InChI=1S/C37H32N2/c1-24-5-13-28(14-6-24)32-21-34(30-17-9-26(3)10-18-30)38-36(32)23-37-33(29-15-7-25(2)8-16-29)22-35(39-37)31-19-11-27(4)12-20-31/h5-23,38H,1-4H3. The molecule has 0 saturated heterocycles. The Morgan fingerprint density at radius 1 is 0.538 bits per heavy atom. The monoisotopic (exact) mass is 504 g/mol. The molecule has 0 bridgehead atoms. The van der Waals surface area contributed by atoms with Gasteiger partial charge in [-0.25, -0.2) is 4.99 Å². The summed E-state index contributed by atoms with van der Waals surface area (Å²) < 4.78 is 0. The van der Waals surface area contributed by atoms with Crippen LogP contribution in [0.3, 0.4) is 0 Å². The molecule has 1 aliphatic heterocycles. The second-order valence-corrected chi connectivity index (χ2v) is 10.6. The maximum atomic E-state index is 5.17. The van der Waals surface area contributed by atoms with Crippen molar-refractivity contribution >= 4 is 17.4 Å². The highest BCUT2D eigenvalue weighted by Crippen LogP contribution is 2.36. The second kappa shape index (κ2) is 10.2. The highest BCUT2D eigenvalue weighted by atomic mass is 14.8. The lowest BCUT2D eigenvalue weighted by Gasteiger charge is -2.06. The van der Waals surface area contributed by atoms with Gasteiger partial charge in [-0.1, -0.05) is 119 Å². The number of benzene rings is 4. The molecule has 190 valence electrons. The Hall–Kier alpha value is -4.69. The molecule has 0 unspecified atom stereocenters. The van der Waals surface area contributed by atoms with Gasteiger partial charge in [0.1, 0.15) is 0 Å².